The van der Waals surface area contributed by atoms with Crippen LogP contribution in [0.15, 0.2) is 62.6 Å². The Hall–Kier alpha value is -3.11. The lowest BCUT2D eigenvalue weighted by Gasteiger charge is -2.22. The van der Waals surface area contributed by atoms with Gasteiger partial charge in [0.25, 0.3) is 10.0 Å². The largest absolute Gasteiger partial charge is 0.420 e. The van der Waals surface area contributed by atoms with Gasteiger partial charge < -0.3 is 14.5 Å². The number of hydrogen-bond donors (Lipinski definition) is 1. The summed E-state index contributed by atoms with van der Waals surface area (Å²) < 4.78 is 38.8. The molecule has 0 radical (unpaired) electrons. The maximum Gasteiger partial charge on any atom is 0.420 e. The minimum atomic E-state index is -3.87. The van der Waals surface area contributed by atoms with Crippen molar-refractivity contribution in [3.63, 3.8) is 0 Å². The van der Waals surface area contributed by atoms with Crippen molar-refractivity contribution < 1.29 is 22.4 Å². The summed E-state index contributed by atoms with van der Waals surface area (Å²) in [6.45, 7) is 2.39. The molecule has 1 N–H and O–H groups in total. The molecular formula is C20H23N3O6S. The van der Waals surface area contributed by atoms with Crippen LogP contribution < -0.4 is 15.4 Å². The average Bonchev–Trinajstić information content (AvgIpc) is 3.04. The number of oxazole rings is 1. The fourth-order valence-electron chi connectivity index (χ4n) is 3.06. The van der Waals surface area contributed by atoms with E-state index >= 15 is 0 Å². The molecule has 2 aromatic carbocycles. The van der Waals surface area contributed by atoms with Crippen molar-refractivity contribution in [1.29, 1.82) is 0 Å². The number of sulfonamides is 1. The topological polar surface area (TPSA) is 111 Å². The molecule has 30 heavy (non-hydrogen) atoms. The summed E-state index contributed by atoms with van der Waals surface area (Å²) in [5.74, 6) is -1.12. The number of amides is 1. The average molecular weight is 433 g/mol. The smallest absolute Gasteiger partial charge is 0.408 e. The highest BCUT2D eigenvalue weighted by Gasteiger charge is 2.25. The van der Waals surface area contributed by atoms with E-state index in [2.05, 4.69) is 5.32 Å². The highest BCUT2D eigenvalue weighted by molar-refractivity contribution is 7.92. The molecule has 0 aliphatic rings. The van der Waals surface area contributed by atoms with Gasteiger partial charge in [-0.25, -0.2) is 13.2 Å². The molecule has 1 heterocycles. The third-order valence-electron chi connectivity index (χ3n) is 4.49. The number of benzene rings is 2. The van der Waals surface area contributed by atoms with Gasteiger partial charge in [0.15, 0.2) is 5.58 Å². The van der Waals surface area contributed by atoms with Crippen molar-refractivity contribution in [1.82, 2.24) is 9.88 Å². The first-order chi connectivity index (χ1) is 14.4. The Morgan fingerprint density at radius 1 is 1.20 bits per heavy atom. The van der Waals surface area contributed by atoms with E-state index in [1.807, 2.05) is 0 Å². The van der Waals surface area contributed by atoms with E-state index in [4.69, 9.17) is 9.15 Å². The Bertz CT molecular complexity index is 1180. The fourth-order valence-corrected chi connectivity index (χ4v) is 4.55. The number of rotatable bonds is 9. The number of nitrogens with one attached hydrogen (secondary N) is 1. The van der Waals surface area contributed by atoms with Crippen LogP contribution in [0.1, 0.15) is 6.92 Å². The number of fused-ring (bicyclic) bond motifs is 1. The maximum absolute atomic E-state index is 13.1. The monoisotopic (exact) mass is 433 g/mol. The molecule has 0 saturated carbocycles. The molecule has 0 aliphatic heterocycles. The lowest BCUT2D eigenvalue weighted by atomic mass is 10.3. The van der Waals surface area contributed by atoms with Crippen molar-refractivity contribution in [3.05, 3.63) is 59.1 Å². The number of aromatic nitrogens is 1. The van der Waals surface area contributed by atoms with E-state index in [-0.39, 0.29) is 29.5 Å². The first kappa shape index (κ1) is 21.6. The molecule has 0 bridgehead atoms. The highest BCUT2D eigenvalue weighted by atomic mass is 32.2. The third kappa shape index (κ3) is 4.39. The van der Waals surface area contributed by atoms with Gasteiger partial charge >= 0.3 is 5.76 Å². The van der Waals surface area contributed by atoms with Gasteiger partial charge in [0.2, 0.25) is 5.91 Å². The summed E-state index contributed by atoms with van der Waals surface area (Å²) in [4.78, 5) is 24.2. The minimum absolute atomic E-state index is 0.00820. The quantitative estimate of drug-likeness (QED) is 0.513. The number of para-hydroxylation sites is 1. The SMILES string of the molecule is CCN(c1ccccc1)S(=O)(=O)c1ccc2c(c1)oc(=O)n2CC(=O)NCCOC. The van der Waals surface area contributed by atoms with Crippen molar-refractivity contribution in [2.45, 2.75) is 18.4 Å². The zero-order chi connectivity index (χ0) is 21.7. The van der Waals surface area contributed by atoms with Crippen molar-refractivity contribution in [2.24, 2.45) is 0 Å². The molecule has 3 rings (SSSR count). The predicted molar refractivity (Wildman–Crippen MR) is 112 cm³/mol. The molecular weight excluding hydrogens is 410 g/mol. The second-order valence-corrected chi connectivity index (χ2v) is 8.29. The van der Waals surface area contributed by atoms with Gasteiger partial charge in [0.05, 0.1) is 22.7 Å². The third-order valence-corrected chi connectivity index (χ3v) is 6.39. The van der Waals surface area contributed by atoms with E-state index in [0.29, 0.717) is 24.4 Å². The predicted octanol–water partition coefficient (Wildman–Crippen LogP) is 1.57. The Morgan fingerprint density at radius 3 is 2.60 bits per heavy atom. The van der Waals surface area contributed by atoms with Crippen molar-refractivity contribution in [2.75, 3.05) is 31.1 Å². The summed E-state index contributed by atoms with van der Waals surface area (Å²) in [5, 5.41) is 2.62. The number of methoxy groups -OCH3 is 1. The van der Waals surface area contributed by atoms with E-state index in [1.165, 1.54) is 29.6 Å². The lowest BCUT2D eigenvalue weighted by Crippen LogP contribution is -2.32. The fraction of sp³-hybridized carbons (Fsp3) is 0.300. The van der Waals surface area contributed by atoms with Crippen LogP contribution in [-0.4, -0.2) is 45.7 Å². The molecule has 0 spiro atoms. The van der Waals surface area contributed by atoms with Crippen molar-refractivity contribution >= 4 is 32.7 Å². The molecule has 0 atom stereocenters. The molecule has 10 heteroatoms. The van der Waals surface area contributed by atoms with Gasteiger partial charge in [0.1, 0.15) is 6.54 Å². The van der Waals surface area contributed by atoms with Gasteiger partial charge in [-0.2, -0.15) is 0 Å². The molecule has 9 nitrogen and oxygen atoms in total. The summed E-state index contributed by atoms with van der Waals surface area (Å²) >= 11 is 0. The van der Waals surface area contributed by atoms with Crippen LogP contribution in [0, 0.1) is 0 Å². The van der Waals surface area contributed by atoms with Crippen molar-refractivity contribution in [3.8, 4) is 0 Å². The van der Waals surface area contributed by atoms with Crippen LogP contribution in [0.3, 0.4) is 0 Å². The molecule has 0 fully saturated rings. The zero-order valence-corrected chi connectivity index (χ0v) is 17.5. The van der Waals surface area contributed by atoms with Crippen LogP contribution >= 0.6 is 0 Å². The normalized spacial score (nSPS) is 11.5. The Kier molecular flexibility index (Phi) is 6.58. The zero-order valence-electron chi connectivity index (χ0n) is 16.7. The highest BCUT2D eigenvalue weighted by Crippen LogP contribution is 2.25. The number of carbonyl (C=O) groups excluding carboxylic acids is 1. The minimum Gasteiger partial charge on any atom is -0.408 e. The van der Waals surface area contributed by atoms with Crippen LogP contribution in [0.5, 0.6) is 0 Å². The standard InChI is InChI=1S/C20H23N3O6S/c1-3-23(15-7-5-4-6-8-15)30(26,27)16-9-10-17-18(13-16)29-20(25)22(17)14-19(24)21-11-12-28-2/h4-10,13H,3,11-12,14H2,1-2H3,(H,21,24). The van der Waals surface area contributed by atoms with Gasteiger partial charge in [0, 0.05) is 26.3 Å². The van der Waals surface area contributed by atoms with Gasteiger partial charge in [-0.1, -0.05) is 18.2 Å². The van der Waals surface area contributed by atoms with E-state index in [0.717, 1.165) is 4.57 Å². The number of anilines is 1. The van der Waals surface area contributed by atoms with E-state index < -0.39 is 15.8 Å². The summed E-state index contributed by atoms with van der Waals surface area (Å²) in [6, 6.07) is 12.9. The number of hydrogen-bond acceptors (Lipinski definition) is 6. The molecule has 3 aromatic rings. The second kappa shape index (κ2) is 9.14. The summed E-state index contributed by atoms with van der Waals surface area (Å²) in [7, 11) is -2.35. The van der Waals surface area contributed by atoms with Gasteiger partial charge in [-0.15, -0.1) is 0 Å². The molecule has 0 saturated heterocycles. The van der Waals surface area contributed by atoms with Gasteiger partial charge in [-0.05, 0) is 31.2 Å². The molecule has 160 valence electrons. The first-order valence-electron chi connectivity index (χ1n) is 9.35. The first-order valence-corrected chi connectivity index (χ1v) is 10.8. The molecule has 1 amide bonds. The summed E-state index contributed by atoms with van der Waals surface area (Å²) in [5.41, 5.74) is 0.963. The Labute approximate surface area is 173 Å². The second-order valence-electron chi connectivity index (χ2n) is 6.43. The van der Waals surface area contributed by atoms with Crippen LogP contribution in [-0.2, 0) is 26.1 Å². The Morgan fingerprint density at radius 2 is 1.93 bits per heavy atom. The lowest BCUT2D eigenvalue weighted by molar-refractivity contribution is -0.121. The number of ether oxygens (including phenoxy) is 1. The maximum atomic E-state index is 13.1. The summed E-state index contributed by atoms with van der Waals surface area (Å²) in [6.07, 6.45) is 0. The van der Waals surface area contributed by atoms with Crippen LogP contribution in [0.2, 0.25) is 0 Å². The number of nitrogens with zero attached hydrogens (tertiary/aromatic N) is 2. The molecule has 1 aromatic heterocycles. The van der Waals surface area contributed by atoms with E-state index in [1.54, 1.807) is 37.3 Å². The molecule has 0 unspecified atom stereocenters. The number of carbonyl (C=O) groups is 1. The Balaban J connectivity index is 1.92. The van der Waals surface area contributed by atoms with E-state index in [9.17, 15) is 18.0 Å². The molecule has 0 aliphatic carbocycles. The van der Waals surface area contributed by atoms with Gasteiger partial charge in [-0.3, -0.25) is 13.7 Å². The van der Waals surface area contributed by atoms with Crippen LogP contribution in [0.25, 0.3) is 11.1 Å². The van der Waals surface area contributed by atoms with Crippen LogP contribution in [0.4, 0.5) is 5.69 Å².